The number of nitrogens with one attached hydrogen (secondary N) is 2. The Labute approximate surface area is 216 Å². The van der Waals surface area contributed by atoms with Crippen molar-refractivity contribution in [3.8, 4) is 16.9 Å². The molecule has 2 aromatic heterocycles. The molecule has 0 fully saturated rings. The summed E-state index contributed by atoms with van der Waals surface area (Å²) in [6, 6.07) is 12.1. The molecule has 9 nitrogen and oxygen atoms in total. The maximum atomic E-state index is 11.6. The molecular weight excluding hydrogens is 488 g/mol. The number of rotatable bonds is 4. The Morgan fingerprint density at radius 2 is 1.92 bits per heavy atom. The fraction of sp³-hybridized carbons (Fsp3) is 0.370. The monoisotopic (exact) mass is 518 g/mol. The number of ether oxygens (including phenoxy) is 1. The summed E-state index contributed by atoms with van der Waals surface area (Å²) >= 11 is 0. The van der Waals surface area contributed by atoms with Gasteiger partial charge in [0, 0.05) is 23.4 Å². The number of anilines is 2. The van der Waals surface area contributed by atoms with E-state index in [9.17, 15) is 8.42 Å². The van der Waals surface area contributed by atoms with Crippen LogP contribution in [0.2, 0.25) is 0 Å². The van der Waals surface area contributed by atoms with E-state index >= 15 is 0 Å². The van der Waals surface area contributed by atoms with Crippen molar-refractivity contribution in [2.24, 2.45) is 5.41 Å². The number of aromatic amines is 1. The first-order valence-electron chi connectivity index (χ1n) is 12.4. The van der Waals surface area contributed by atoms with Crippen molar-refractivity contribution < 1.29 is 13.2 Å². The van der Waals surface area contributed by atoms with Gasteiger partial charge < -0.3 is 14.6 Å². The topological polar surface area (TPSA) is 113 Å². The molecule has 2 aromatic carbocycles. The van der Waals surface area contributed by atoms with Gasteiger partial charge in [0.15, 0.2) is 0 Å². The van der Waals surface area contributed by atoms with E-state index in [2.05, 4.69) is 50.6 Å². The van der Waals surface area contributed by atoms with E-state index in [4.69, 9.17) is 9.72 Å². The molecule has 0 radical (unpaired) electrons. The molecule has 0 unspecified atom stereocenters. The summed E-state index contributed by atoms with van der Waals surface area (Å²) in [6.07, 6.45) is 5.90. The van der Waals surface area contributed by atoms with Crippen molar-refractivity contribution >= 4 is 32.8 Å². The normalized spacial score (nSPS) is 17.0. The highest BCUT2D eigenvalue weighted by molar-refractivity contribution is 7.92. The second kappa shape index (κ2) is 8.72. The van der Waals surface area contributed by atoms with Crippen LogP contribution in [-0.2, 0) is 29.4 Å². The lowest BCUT2D eigenvalue weighted by atomic mass is 9.76. The van der Waals surface area contributed by atoms with E-state index in [0.717, 1.165) is 65.8 Å². The zero-order valence-corrected chi connectivity index (χ0v) is 22.0. The molecule has 37 heavy (non-hydrogen) atoms. The lowest BCUT2D eigenvalue weighted by molar-refractivity contribution is 0.310. The number of sulfonamides is 1. The van der Waals surface area contributed by atoms with Crippen LogP contribution in [0.1, 0.15) is 37.1 Å². The van der Waals surface area contributed by atoms with Gasteiger partial charge in [0.1, 0.15) is 24.5 Å². The molecule has 0 amide bonds. The molecule has 10 heteroatoms. The van der Waals surface area contributed by atoms with E-state index < -0.39 is 10.0 Å². The Hall–Kier alpha value is -3.66. The average Bonchev–Trinajstić information content (AvgIpc) is 3.10. The zero-order chi connectivity index (χ0) is 25.8. The second-order valence-electron chi connectivity index (χ2n) is 10.7. The number of benzene rings is 2. The molecule has 0 atom stereocenters. The highest BCUT2D eigenvalue weighted by atomic mass is 32.2. The fourth-order valence-corrected chi connectivity index (χ4v) is 5.75. The summed E-state index contributed by atoms with van der Waals surface area (Å²) in [5.74, 6) is 2.11. The summed E-state index contributed by atoms with van der Waals surface area (Å²) in [4.78, 5) is 19.0. The lowest BCUT2D eigenvalue weighted by Crippen LogP contribution is -2.31. The Morgan fingerprint density at radius 1 is 1.11 bits per heavy atom. The molecule has 1 aliphatic heterocycles. The third-order valence-corrected chi connectivity index (χ3v) is 7.71. The maximum Gasteiger partial charge on any atom is 0.232 e. The molecule has 2 aliphatic rings. The zero-order valence-electron chi connectivity index (χ0n) is 21.2. The molecule has 0 spiro atoms. The largest absolute Gasteiger partial charge is 0.491 e. The molecular formula is C27H30N6O3S. The van der Waals surface area contributed by atoms with Gasteiger partial charge >= 0.3 is 0 Å². The molecule has 3 heterocycles. The van der Waals surface area contributed by atoms with Crippen molar-refractivity contribution in [2.45, 2.75) is 39.7 Å². The molecule has 2 N–H and O–H groups in total. The van der Waals surface area contributed by atoms with Gasteiger partial charge in [-0.1, -0.05) is 26.0 Å². The number of fused-ring (bicyclic) bond motifs is 3. The number of hydrogen-bond donors (Lipinski definition) is 2. The predicted molar refractivity (Wildman–Crippen MR) is 144 cm³/mol. The van der Waals surface area contributed by atoms with Gasteiger partial charge in [0.2, 0.25) is 16.0 Å². The van der Waals surface area contributed by atoms with Crippen LogP contribution in [0.25, 0.3) is 22.2 Å². The number of aromatic nitrogens is 4. The molecule has 4 aromatic rings. The Kier molecular flexibility index (Phi) is 5.59. The van der Waals surface area contributed by atoms with E-state index in [0.29, 0.717) is 18.7 Å². The first-order chi connectivity index (χ1) is 17.6. The van der Waals surface area contributed by atoms with Crippen molar-refractivity contribution in [2.75, 3.05) is 29.0 Å². The molecule has 192 valence electrons. The Bertz CT molecular complexity index is 1610. The van der Waals surface area contributed by atoms with Gasteiger partial charge in [-0.2, -0.15) is 0 Å². The van der Waals surface area contributed by atoms with Crippen LogP contribution in [0.15, 0.2) is 42.7 Å². The molecule has 6 rings (SSSR count). The quantitative estimate of drug-likeness (QED) is 0.414. The van der Waals surface area contributed by atoms with Crippen LogP contribution in [0, 0.1) is 5.41 Å². The van der Waals surface area contributed by atoms with Gasteiger partial charge in [-0.25, -0.2) is 23.4 Å². The minimum absolute atomic E-state index is 0.206. The van der Waals surface area contributed by atoms with Gasteiger partial charge in [-0.15, -0.1) is 0 Å². The highest BCUT2D eigenvalue weighted by Gasteiger charge is 2.30. The van der Waals surface area contributed by atoms with Crippen LogP contribution >= 0.6 is 0 Å². The van der Waals surface area contributed by atoms with Crippen LogP contribution in [0.3, 0.4) is 0 Å². The summed E-state index contributed by atoms with van der Waals surface area (Å²) in [7, 11) is -3.41. The first-order valence-corrected chi connectivity index (χ1v) is 14.3. The van der Waals surface area contributed by atoms with Gasteiger partial charge in [-0.05, 0) is 60.1 Å². The summed E-state index contributed by atoms with van der Waals surface area (Å²) < 4.78 is 31.7. The van der Waals surface area contributed by atoms with Crippen molar-refractivity contribution in [3.05, 3.63) is 59.5 Å². The molecule has 0 saturated carbocycles. The number of aryl methyl sites for hydroxylation is 1. The van der Waals surface area contributed by atoms with Crippen molar-refractivity contribution in [1.29, 1.82) is 0 Å². The SMILES string of the molecule is CC1(C)CCc2ncnc(N3CCOc4ccc(-c5ccc6nc(NS(C)(=O)=O)[nH]c6c5)cc4C3)c2C1. The second-order valence-corrected chi connectivity index (χ2v) is 12.5. The number of imidazole rings is 1. The predicted octanol–water partition coefficient (Wildman–Crippen LogP) is 4.31. The van der Waals surface area contributed by atoms with E-state index in [-0.39, 0.29) is 11.4 Å². The standard InChI is InChI=1S/C27H30N6O3S/c1-27(2)9-8-21-20(14-27)25(29-16-28-21)33-10-11-36-24-7-5-17(12-19(24)15-33)18-4-6-22-23(13-18)31-26(30-22)32-37(3,34)35/h4-7,12-13,16H,8-11,14-15H2,1-3H3,(H2,30,31,32). The number of nitrogens with zero attached hydrogens (tertiary/aromatic N) is 4. The summed E-state index contributed by atoms with van der Waals surface area (Å²) in [5.41, 5.74) is 7.26. The number of H-pyrrole nitrogens is 1. The Balaban J connectivity index is 1.32. The fourth-order valence-electron chi connectivity index (χ4n) is 5.30. The van der Waals surface area contributed by atoms with Gasteiger partial charge in [0.05, 0.1) is 23.8 Å². The minimum atomic E-state index is -3.41. The first kappa shape index (κ1) is 23.7. The summed E-state index contributed by atoms with van der Waals surface area (Å²) in [6.45, 7) is 6.67. The summed E-state index contributed by atoms with van der Waals surface area (Å²) in [5, 5.41) is 0. The van der Waals surface area contributed by atoms with E-state index in [1.165, 1.54) is 11.3 Å². The smallest absolute Gasteiger partial charge is 0.232 e. The van der Waals surface area contributed by atoms with Crippen LogP contribution < -0.4 is 14.4 Å². The van der Waals surface area contributed by atoms with Crippen LogP contribution in [-0.4, -0.2) is 47.8 Å². The van der Waals surface area contributed by atoms with Crippen molar-refractivity contribution in [1.82, 2.24) is 19.9 Å². The van der Waals surface area contributed by atoms with Crippen LogP contribution in [0.4, 0.5) is 11.8 Å². The molecule has 0 bridgehead atoms. The highest BCUT2D eigenvalue weighted by Crippen LogP contribution is 2.39. The minimum Gasteiger partial charge on any atom is -0.491 e. The average molecular weight is 519 g/mol. The van der Waals surface area contributed by atoms with E-state index in [1.54, 1.807) is 6.33 Å². The third kappa shape index (κ3) is 4.85. The Morgan fingerprint density at radius 3 is 2.76 bits per heavy atom. The number of hydrogen-bond acceptors (Lipinski definition) is 7. The van der Waals surface area contributed by atoms with Crippen molar-refractivity contribution in [3.63, 3.8) is 0 Å². The van der Waals surface area contributed by atoms with E-state index in [1.807, 2.05) is 24.3 Å². The lowest BCUT2D eigenvalue weighted by Gasteiger charge is -2.33. The van der Waals surface area contributed by atoms with Crippen LogP contribution in [0.5, 0.6) is 5.75 Å². The molecule has 1 aliphatic carbocycles. The maximum absolute atomic E-state index is 11.6. The third-order valence-electron chi connectivity index (χ3n) is 7.14. The molecule has 0 saturated heterocycles. The van der Waals surface area contributed by atoms with Gasteiger partial charge in [-0.3, -0.25) is 4.72 Å². The van der Waals surface area contributed by atoms with Gasteiger partial charge in [0.25, 0.3) is 0 Å².